The number of carboxylic acid groups (broad SMARTS) is 1. The van der Waals surface area contributed by atoms with Gasteiger partial charge in [-0.25, -0.2) is 9.59 Å². The molecule has 6 heteroatoms. The molecule has 1 saturated heterocycles. The normalized spacial score (nSPS) is 24.6. The molecule has 0 radical (unpaired) electrons. The number of benzene rings is 2. The number of urea groups is 1. The number of nitrogens with one attached hydrogen (secondary N) is 1. The van der Waals surface area contributed by atoms with E-state index >= 15 is 0 Å². The van der Waals surface area contributed by atoms with Gasteiger partial charge in [0.05, 0.1) is 11.6 Å². The minimum absolute atomic E-state index is 0.181. The Hall–Kier alpha value is -3.02. The van der Waals surface area contributed by atoms with Gasteiger partial charge >= 0.3 is 12.0 Å². The fraction of sp³-hybridized carbons (Fsp3) is 0.222. The smallest absolute Gasteiger partial charge is 0.335 e. The summed E-state index contributed by atoms with van der Waals surface area (Å²) in [5.41, 5.74) is 0.808. The molecule has 0 aliphatic carbocycles. The van der Waals surface area contributed by atoms with E-state index in [1.165, 1.54) is 6.07 Å². The third-order valence-electron chi connectivity index (χ3n) is 4.53. The van der Waals surface area contributed by atoms with Crippen LogP contribution in [0.25, 0.3) is 0 Å². The van der Waals surface area contributed by atoms with Crippen LogP contribution < -0.4 is 15.0 Å². The average Bonchev–Trinajstić information content (AvgIpc) is 2.54. The van der Waals surface area contributed by atoms with Gasteiger partial charge in [0, 0.05) is 17.7 Å². The molecular formula is C18H16N2O4. The van der Waals surface area contributed by atoms with Crippen molar-refractivity contribution in [2.75, 3.05) is 4.90 Å². The van der Waals surface area contributed by atoms with Crippen molar-refractivity contribution in [2.45, 2.75) is 25.1 Å². The van der Waals surface area contributed by atoms with E-state index in [0.29, 0.717) is 17.7 Å². The zero-order valence-electron chi connectivity index (χ0n) is 13.0. The van der Waals surface area contributed by atoms with Gasteiger partial charge in [-0.1, -0.05) is 18.2 Å². The van der Waals surface area contributed by atoms with Crippen LogP contribution in [-0.2, 0) is 0 Å². The monoisotopic (exact) mass is 324 g/mol. The van der Waals surface area contributed by atoms with E-state index < -0.39 is 11.7 Å². The third-order valence-corrected chi connectivity index (χ3v) is 4.53. The van der Waals surface area contributed by atoms with Gasteiger partial charge < -0.3 is 15.2 Å². The minimum atomic E-state index is -1.00. The minimum Gasteiger partial charge on any atom is -0.478 e. The number of para-hydroxylation sites is 1. The van der Waals surface area contributed by atoms with Crippen molar-refractivity contribution in [1.82, 2.24) is 5.32 Å². The molecule has 24 heavy (non-hydrogen) atoms. The number of nitrogens with zero attached hydrogens (tertiary/aromatic N) is 1. The number of carboxylic acids is 1. The number of aromatic carboxylic acids is 1. The molecule has 0 saturated carbocycles. The van der Waals surface area contributed by atoms with Crippen LogP contribution >= 0.6 is 0 Å². The maximum atomic E-state index is 12.7. The van der Waals surface area contributed by atoms with Crippen molar-refractivity contribution < 1.29 is 19.4 Å². The lowest BCUT2D eigenvalue weighted by Gasteiger charge is -2.50. The van der Waals surface area contributed by atoms with E-state index in [-0.39, 0.29) is 17.6 Å². The first kappa shape index (κ1) is 14.6. The quantitative estimate of drug-likeness (QED) is 0.889. The molecule has 2 N–H and O–H groups in total. The van der Waals surface area contributed by atoms with Gasteiger partial charge in [-0.2, -0.15) is 0 Å². The molecule has 2 aliphatic rings. The van der Waals surface area contributed by atoms with Crippen molar-refractivity contribution in [2.24, 2.45) is 0 Å². The first-order valence-electron chi connectivity index (χ1n) is 7.70. The molecule has 2 bridgehead atoms. The first-order chi connectivity index (χ1) is 11.5. The van der Waals surface area contributed by atoms with E-state index in [2.05, 4.69) is 5.32 Å². The lowest BCUT2D eigenvalue weighted by molar-refractivity contribution is 0.0378. The highest BCUT2D eigenvalue weighted by Crippen LogP contribution is 2.45. The zero-order chi connectivity index (χ0) is 16.9. The Kier molecular flexibility index (Phi) is 3.03. The number of ether oxygens (including phenoxy) is 1. The van der Waals surface area contributed by atoms with Gasteiger partial charge in [-0.15, -0.1) is 0 Å². The molecule has 0 spiro atoms. The van der Waals surface area contributed by atoms with E-state index in [1.807, 2.05) is 37.3 Å². The predicted molar refractivity (Wildman–Crippen MR) is 87.2 cm³/mol. The molecule has 2 unspecified atom stereocenters. The Balaban J connectivity index is 1.79. The molecule has 4 rings (SSSR count). The fourth-order valence-electron chi connectivity index (χ4n) is 3.48. The zero-order valence-corrected chi connectivity index (χ0v) is 13.0. The second-order valence-corrected chi connectivity index (χ2v) is 6.21. The molecule has 122 valence electrons. The summed E-state index contributed by atoms with van der Waals surface area (Å²) in [7, 11) is 0. The van der Waals surface area contributed by atoms with Crippen LogP contribution in [0.1, 0.15) is 35.3 Å². The molecule has 2 heterocycles. The highest BCUT2D eigenvalue weighted by molar-refractivity contribution is 5.95. The van der Waals surface area contributed by atoms with E-state index in [9.17, 15) is 9.59 Å². The second kappa shape index (κ2) is 4.99. The predicted octanol–water partition coefficient (Wildman–Crippen LogP) is 3.15. The lowest BCUT2D eigenvalue weighted by Crippen LogP contribution is -2.65. The molecule has 6 nitrogen and oxygen atoms in total. The standard InChI is InChI=1S/C18H16N2O4/c1-18-10-14(13-9-11(16(21)22)7-8-15(13)24-18)19-17(23)20(18)12-5-3-2-4-6-12/h2-9,14H,10H2,1H3,(H,19,23)(H,21,22). The van der Waals surface area contributed by atoms with Crippen LogP contribution in [0, 0.1) is 0 Å². The third kappa shape index (κ3) is 2.11. The SMILES string of the molecule is CC12CC(NC(=O)N1c1ccccc1)c1cc(C(=O)O)ccc1O2. The van der Waals surface area contributed by atoms with Gasteiger partial charge in [0.15, 0.2) is 5.72 Å². The summed E-state index contributed by atoms with van der Waals surface area (Å²) >= 11 is 0. The van der Waals surface area contributed by atoms with Crippen LogP contribution in [0.5, 0.6) is 5.75 Å². The molecule has 0 aromatic heterocycles. The molecule has 2 aliphatic heterocycles. The van der Waals surface area contributed by atoms with Crippen LogP contribution in [0.4, 0.5) is 10.5 Å². The largest absolute Gasteiger partial charge is 0.478 e. The summed E-state index contributed by atoms with van der Waals surface area (Å²) in [5.74, 6) is -0.404. The second-order valence-electron chi connectivity index (χ2n) is 6.21. The summed E-state index contributed by atoms with van der Waals surface area (Å²) in [6.07, 6.45) is 0.531. The molecule has 2 aromatic carbocycles. The Bertz CT molecular complexity index is 836. The number of carbonyl (C=O) groups is 2. The summed E-state index contributed by atoms with van der Waals surface area (Å²) in [6.45, 7) is 1.87. The van der Waals surface area contributed by atoms with Crippen molar-refractivity contribution in [1.29, 1.82) is 0 Å². The van der Waals surface area contributed by atoms with Crippen LogP contribution in [0.3, 0.4) is 0 Å². The van der Waals surface area contributed by atoms with Gasteiger partial charge in [0.2, 0.25) is 0 Å². The number of anilines is 1. The molecule has 2 amide bonds. The molecular weight excluding hydrogens is 308 g/mol. The summed E-state index contributed by atoms with van der Waals surface area (Å²) in [6, 6.07) is 13.6. The average molecular weight is 324 g/mol. The maximum absolute atomic E-state index is 12.7. The summed E-state index contributed by atoms with van der Waals surface area (Å²) in [4.78, 5) is 25.5. The highest BCUT2D eigenvalue weighted by atomic mass is 16.5. The number of hydrogen-bond acceptors (Lipinski definition) is 3. The van der Waals surface area contributed by atoms with Crippen LogP contribution in [-0.4, -0.2) is 22.8 Å². The Morgan fingerprint density at radius 1 is 1.29 bits per heavy atom. The molecule has 2 aromatic rings. The number of amides is 2. The van der Waals surface area contributed by atoms with Crippen molar-refractivity contribution in [3.63, 3.8) is 0 Å². The van der Waals surface area contributed by atoms with Crippen molar-refractivity contribution >= 4 is 17.7 Å². The van der Waals surface area contributed by atoms with Gasteiger partial charge in [0.25, 0.3) is 0 Å². The highest BCUT2D eigenvalue weighted by Gasteiger charge is 2.49. The van der Waals surface area contributed by atoms with Crippen molar-refractivity contribution in [3.8, 4) is 5.75 Å². The first-order valence-corrected chi connectivity index (χ1v) is 7.70. The summed E-state index contributed by atoms with van der Waals surface area (Å²) < 4.78 is 6.13. The number of fused-ring (bicyclic) bond motifs is 4. The van der Waals surface area contributed by atoms with E-state index in [0.717, 1.165) is 5.69 Å². The number of carbonyl (C=O) groups excluding carboxylic acids is 1. The van der Waals surface area contributed by atoms with Gasteiger partial charge in [-0.3, -0.25) is 4.90 Å². The van der Waals surface area contributed by atoms with Crippen LogP contribution in [0.2, 0.25) is 0 Å². The molecule has 1 fully saturated rings. The molecule has 2 atom stereocenters. The topological polar surface area (TPSA) is 78.9 Å². The number of hydrogen-bond donors (Lipinski definition) is 2. The Morgan fingerprint density at radius 2 is 2.04 bits per heavy atom. The maximum Gasteiger partial charge on any atom is 0.335 e. The number of rotatable bonds is 2. The Morgan fingerprint density at radius 3 is 2.75 bits per heavy atom. The summed E-state index contributed by atoms with van der Waals surface area (Å²) in [5, 5.41) is 12.1. The van der Waals surface area contributed by atoms with Crippen LogP contribution in [0.15, 0.2) is 48.5 Å². The van der Waals surface area contributed by atoms with E-state index in [4.69, 9.17) is 9.84 Å². The van der Waals surface area contributed by atoms with Crippen molar-refractivity contribution in [3.05, 3.63) is 59.7 Å². The van der Waals surface area contributed by atoms with Gasteiger partial charge in [0.1, 0.15) is 5.75 Å². The Labute approximate surface area is 138 Å². The lowest BCUT2D eigenvalue weighted by atomic mass is 9.89. The van der Waals surface area contributed by atoms with E-state index in [1.54, 1.807) is 17.0 Å². The fourth-order valence-corrected chi connectivity index (χ4v) is 3.48. The van der Waals surface area contributed by atoms with Gasteiger partial charge in [-0.05, 0) is 37.3 Å².